The Morgan fingerprint density at radius 2 is 2.25 bits per heavy atom. The quantitative estimate of drug-likeness (QED) is 0.571. The third-order valence-electron chi connectivity index (χ3n) is 1.39. The van der Waals surface area contributed by atoms with Crippen LogP contribution in [0.1, 0.15) is 19.8 Å². The second kappa shape index (κ2) is 6.79. The summed E-state index contributed by atoms with van der Waals surface area (Å²) >= 11 is 0. The molecule has 4 heteroatoms. The minimum atomic E-state index is -0.448. The zero-order valence-corrected chi connectivity index (χ0v) is 7.52. The van der Waals surface area contributed by atoms with Crippen LogP contribution in [0, 0.1) is 0 Å². The number of rotatable bonds is 6. The fourth-order valence-corrected chi connectivity index (χ4v) is 0.855. The van der Waals surface area contributed by atoms with Crippen LogP contribution in [-0.4, -0.2) is 31.8 Å². The van der Waals surface area contributed by atoms with Gasteiger partial charge in [0, 0.05) is 0 Å². The highest BCUT2D eigenvalue weighted by molar-refractivity contribution is 5.81. The van der Waals surface area contributed by atoms with E-state index in [1.807, 2.05) is 6.92 Å². The number of nitrogens with one attached hydrogen (secondary N) is 2. The van der Waals surface area contributed by atoms with Crippen LogP contribution in [0.4, 0.5) is 0 Å². The van der Waals surface area contributed by atoms with Crippen LogP contribution in [0.15, 0.2) is 0 Å². The van der Waals surface area contributed by atoms with Gasteiger partial charge < -0.3 is 10.6 Å². The zero-order chi connectivity index (χ0) is 9.40. The Kier molecular flexibility index (Phi) is 6.28. The smallest absolute Gasteiger partial charge is 0.234 e. The Morgan fingerprint density at radius 1 is 1.58 bits per heavy atom. The molecule has 0 fully saturated rings. The van der Waals surface area contributed by atoms with E-state index in [0.29, 0.717) is 6.42 Å². The van der Waals surface area contributed by atoms with Crippen molar-refractivity contribution >= 4 is 12.2 Å². The van der Waals surface area contributed by atoms with Crippen LogP contribution in [0.25, 0.3) is 0 Å². The highest BCUT2D eigenvalue weighted by Crippen LogP contribution is 1.92. The highest BCUT2D eigenvalue weighted by atomic mass is 16.2. The molecular weight excluding hydrogens is 156 g/mol. The molecule has 12 heavy (non-hydrogen) atoms. The predicted molar refractivity (Wildman–Crippen MR) is 46.5 cm³/mol. The molecule has 0 aromatic rings. The molecule has 0 aromatic heterocycles. The maximum atomic E-state index is 10.9. The molecule has 1 radical (unpaired) electrons. The van der Waals surface area contributed by atoms with Crippen molar-refractivity contribution in [2.45, 2.75) is 25.8 Å². The minimum absolute atomic E-state index is 0.167. The van der Waals surface area contributed by atoms with Gasteiger partial charge in [-0.2, -0.15) is 0 Å². The van der Waals surface area contributed by atoms with Crippen molar-refractivity contribution in [2.75, 3.05) is 13.6 Å². The molecule has 2 N–H and O–H groups in total. The third kappa shape index (κ3) is 4.85. The molecule has 0 saturated heterocycles. The lowest BCUT2D eigenvalue weighted by atomic mass is 10.2. The fourth-order valence-electron chi connectivity index (χ4n) is 0.855. The Labute approximate surface area is 72.7 Å². The van der Waals surface area contributed by atoms with E-state index in [0.717, 1.165) is 6.42 Å². The van der Waals surface area contributed by atoms with Crippen LogP contribution in [-0.2, 0) is 9.59 Å². The topological polar surface area (TPSA) is 58.2 Å². The van der Waals surface area contributed by atoms with Gasteiger partial charge in [0.1, 0.15) is 0 Å². The highest BCUT2D eigenvalue weighted by Gasteiger charge is 2.09. The molecule has 0 bridgehead atoms. The maximum Gasteiger partial charge on any atom is 0.234 e. The van der Waals surface area contributed by atoms with E-state index in [2.05, 4.69) is 10.6 Å². The Morgan fingerprint density at radius 3 is 2.67 bits per heavy atom. The first kappa shape index (κ1) is 11.1. The van der Waals surface area contributed by atoms with Gasteiger partial charge in [-0.1, -0.05) is 13.3 Å². The van der Waals surface area contributed by atoms with E-state index < -0.39 is 6.04 Å². The molecule has 0 aliphatic heterocycles. The number of hydrogen-bond donors (Lipinski definition) is 2. The van der Waals surface area contributed by atoms with Crippen molar-refractivity contribution in [3.8, 4) is 0 Å². The summed E-state index contributed by atoms with van der Waals surface area (Å²) in [6.07, 6.45) is 3.30. The van der Waals surface area contributed by atoms with Crippen molar-refractivity contribution in [3.63, 3.8) is 0 Å². The van der Waals surface area contributed by atoms with E-state index in [-0.39, 0.29) is 12.5 Å². The SMILES string of the molecule is CCC[C@@H]([C]=O)NC(=O)CNC. The molecular formula is C8H15N2O2. The number of carbonyl (C=O) groups excluding carboxylic acids is 2. The van der Waals surface area contributed by atoms with Crippen LogP contribution < -0.4 is 10.6 Å². The number of amides is 1. The maximum absolute atomic E-state index is 10.9. The van der Waals surface area contributed by atoms with Crippen LogP contribution in [0.2, 0.25) is 0 Å². The number of carbonyl (C=O) groups is 1. The van der Waals surface area contributed by atoms with Gasteiger partial charge >= 0.3 is 0 Å². The van der Waals surface area contributed by atoms with Gasteiger partial charge in [-0.3, -0.25) is 9.59 Å². The molecule has 4 nitrogen and oxygen atoms in total. The summed E-state index contributed by atoms with van der Waals surface area (Å²) in [5.41, 5.74) is 0. The summed E-state index contributed by atoms with van der Waals surface area (Å²) in [4.78, 5) is 21.2. The monoisotopic (exact) mass is 171 g/mol. The van der Waals surface area contributed by atoms with Crippen molar-refractivity contribution in [1.82, 2.24) is 10.6 Å². The fraction of sp³-hybridized carbons (Fsp3) is 0.750. The van der Waals surface area contributed by atoms with Gasteiger partial charge in [0.2, 0.25) is 12.2 Å². The molecule has 1 amide bonds. The van der Waals surface area contributed by atoms with Gasteiger partial charge in [0.25, 0.3) is 0 Å². The predicted octanol–water partition coefficient (Wildman–Crippen LogP) is -0.400. The number of hydrogen-bond acceptors (Lipinski definition) is 3. The molecule has 1 atom stereocenters. The van der Waals surface area contributed by atoms with Crippen LogP contribution in [0.3, 0.4) is 0 Å². The molecule has 0 rings (SSSR count). The third-order valence-corrected chi connectivity index (χ3v) is 1.39. The van der Waals surface area contributed by atoms with E-state index >= 15 is 0 Å². The first-order valence-corrected chi connectivity index (χ1v) is 4.06. The molecule has 0 aliphatic carbocycles. The van der Waals surface area contributed by atoms with Crippen LogP contribution >= 0.6 is 0 Å². The lowest BCUT2D eigenvalue weighted by molar-refractivity contribution is -0.120. The molecule has 0 saturated carbocycles. The molecule has 0 aliphatic rings. The standard InChI is InChI=1S/C8H15N2O2/c1-3-4-7(6-11)10-8(12)5-9-2/h7,9H,3-5H2,1-2H3,(H,10,12)/t7-/m0/s1. The minimum Gasteiger partial charge on any atom is -0.345 e. The average molecular weight is 171 g/mol. The Bertz CT molecular complexity index is 148. The second-order valence-corrected chi connectivity index (χ2v) is 2.56. The van der Waals surface area contributed by atoms with E-state index in [1.165, 1.54) is 0 Å². The van der Waals surface area contributed by atoms with Gasteiger partial charge in [-0.05, 0) is 13.5 Å². The molecule has 0 unspecified atom stereocenters. The van der Waals surface area contributed by atoms with E-state index in [4.69, 9.17) is 0 Å². The summed E-state index contributed by atoms with van der Waals surface area (Å²) in [7, 11) is 1.68. The summed E-state index contributed by atoms with van der Waals surface area (Å²) in [6, 6.07) is -0.448. The summed E-state index contributed by atoms with van der Waals surface area (Å²) in [5.74, 6) is -0.167. The Hall–Kier alpha value is -0.900. The zero-order valence-electron chi connectivity index (χ0n) is 7.52. The molecule has 0 heterocycles. The normalized spacial score (nSPS) is 12.2. The lowest BCUT2D eigenvalue weighted by Crippen LogP contribution is -2.40. The van der Waals surface area contributed by atoms with Crippen molar-refractivity contribution in [1.29, 1.82) is 0 Å². The van der Waals surface area contributed by atoms with Gasteiger partial charge in [0.15, 0.2) is 0 Å². The lowest BCUT2D eigenvalue weighted by Gasteiger charge is -2.09. The summed E-state index contributed by atoms with van der Waals surface area (Å²) in [5, 5.41) is 5.24. The average Bonchev–Trinajstić information content (AvgIpc) is 2.04. The first-order valence-electron chi connectivity index (χ1n) is 4.06. The van der Waals surface area contributed by atoms with E-state index in [1.54, 1.807) is 13.3 Å². The molecule has 0 spiro atoms. The van der Waals surface area contributed by atoms with Gasteiger partial charge in [0.05, 0.1) is 12.6 Å². The summed E-state index contributed by atoms with van der Waals surface area (Å²) in [6.45, 7) is 2.19. The van der Waals surface area contributed by atoms with Crippen LogP contribution in [0.5, 0.6) is 0 Å². The van der Waals surface area contributed by atoms with Crippen molar-refractivity contribution < 1.29 is 9.59 Å². The number of likely N-dealkylation sites (N-methyl/N-ethyl adjacent to an activating group) is 1. The van der Waals surface area contributed by atoms with Gasteiger partial charge in [-0.25, -0.2) is 0 Å². The van der Waals surface area contributed by atoms with E-state index in [9.17, 15) is 9.59 Å². The van der Waals surface area contributed by atoms with Gasteiger partial charge in [-0.15, -0.1) is 0 Å². The molecule has 69 valence electrons. The first-order chi connectivity index (χ1) is 5.74. The van der Waals surface area contributed by atoms with Crippen molar-refractivity contribution in [2.24, 2.45) is 0 Å². The van der Waals surface area contributed by atoms with Crippen molar-refractivity contribution in [3.05, 3.63) is 0 Å². The molecule has 0 aromatic carbocycles. The largest absolute Gasteiger partial charge is 0.345 e. The summed E-state index contributed by atoms with van der Waals surface area (Å²) < 4.78 is 0. The Balaban J connectivity index is 3.68. The second-order valence-electron chi connectivity index (χ2n) is 2.56.